The van der Waals surface area contributed by atoms with Crippen molar-refractivity contribution in [3.8, 4) is 0 Å². The summed E-state index contributed by atoms with van der Waals surface area (Å²) in [6.45, 7) is 0.175. The Balaban J connectivity index is 1.97. The second kappa shape index (κ2) is 5.57. The molecule has 1 aromatic heterocycles. The third-order valence-corrected chi connectivity index (χ3v) is 4.74. The number of nitrogens with one attached hydrogen (secondary N) is 1. The Hall–Kier alpha value is -0.290. The van der Waals surface area contributed by atoms with E-state index < -0.39 is 0 Å². The van der Waals surface area contributed by atoms with Gasteiger partial charge in [0.25, 0.3) is 0 Å². The standard InChI is InChI=1S/C12H17ClN2OS/c1-14-12(7-16,9-2-3-9)8-17-11-5-4-10(13)6-15-11/h4-6,9,14,16H,2-3,7-8H2,1H3. The van der Waals surface area contributed by atoms with E-state index in [-0.39, 0.29) is 12.1 Å². The molecular formula is C12H17ClN2OS. The van der Waals surface area contributed by atoms with Crippen LogP contribution in [0.2, 0.25) is 5.02 Å². The third-order valence-electron chi connectivity index (χ3n) is 3.32. The van der Waals surface area contributed by atoms with E-state index in [1.807, 2.05) is 19.2 Å². The van der Waals surface area contributed by atoms with E-state index in [1.54, 1.807) is 18.0 Å². The van der Waals surface area contributed by atoms with Crippen molar-refractivity contribution in [3.63, 3.8) is 0 Å². The molecule has 94 valence electrons. The molecule has 1 fully saturated rings. The molecule has 1 aliphatic rings. The van der Waals surface area contributed by atoms with Gasteiger partial charge >= 0.3 is 0 Å². The highest BCUT2D eigenvalue weighted by atomic mass is 35.5. The summed E-state index contributed by atoms with van der Waals surface area (Å²) in [4.78, 5) is 4.25. The zero-order valence-electron chi connectivity index (χ0n) is 9.82. The van der Waals surface area contributed by atoms with Gasteiger partial charge in [-0.2, -0.15) is 0 Å². The van der Waals surface area contributed by atoms with Crippen LogP contribution in [0.4, 0.5) is 0 Å². The van der Waals surface area contributed by atoms with Crippen LogP contribution in [0.3, 0.4) is 0 Å². The maximum absolute atomic E-state index is 9.59. The fraction of sp³-hybridized carbons (Fsp3) is 0.583. The minimum atomic E-state index is -0.161. The van der Waals surface area contributed by atoms with Crippen LogP contribution in [0.25, 0.3) is 0 Å². The first kappa shape index (κ1) is 13.1. The summed E-state index contributed by atoms with van der Waals surface area (Å²) in [7, 11) is 1.92. The average Bonchev–Trinajstić information content (AvgIpc) is 3.18. The number of thioether (sulfide) groups is 1. The van der Waals surface area contributed by atoms with Crippen molar-refractivity contribution in [2.75, 3.05) is 19.4 Å². The van der Waals surface area contributed by atoms with Crippen molar-refractivity contribution in [1.82, 2.24) is 10.3 Å². The molecule has 2 N–H and O–H groups in total. The molecule has 0 bridgehead atoms. The Morgan fingerprint density at radius 2 is 2.35 bits per heavy atom. The van der Waals surface area contributed by atoms with Crippen molar-refractivity contribution in [2.24, 2.45) is 5.92 Å². The van der Waals surface area contributed by atoms with E-state index in [4.69, 9.17) is 11.6 Å². The van der Waals surface area contributed by atoms with Gasteiger partial charge in [0.15, 0.2) is 0 Å². The monoisotopic (exact) mass is 272 g/mol. The molecule has 0 saturated heterocycles. The van der Waals surface area contributed by atoms with Gasteiger partial charge in [0, 0.05) is 11.9 Å². The predicted octanol–water partition coefficient (Wildman–Crippen LogP) is 2.19. The highest BCUT2D eigenvalue weighted by Gasteiger charge is 2.43. The van der Waals surface area contributed by atoms with Crippen LogP contribution in [-0.2, 0) is 0 Å². The molecule has 3 nitrogen and oxygen atoms in total. The lowest BCUT2D eigenvalue weighted by Crippen LogP contribution is -2.51. The number of nitrogens with zero attached hydrogens (tertiary/aromatic N) is 1. The molecular weight excluding hydrogens is 256 g/mol. The van der Waals surface area contributed by atoms with Gasteiger partial charge in [-0.1, -0.05) is 11.6 Å². The highest BCUT2D eigenvalue weighted by Crippen LogP contribution is 2.41. The number of aliphatic hydroxyl groups excluding tert-OH is 1. The van der Waals surface area contributed by atoms with E-state index >= 15 is 0 Å². The number of pyridine rings is 1. The largest absolute Gasteiger partial charge is 0.394 e. The molecule has 1 heterocycles. The number of hydrogen-bond donors (Lipinski definition) is 2. The molecule has 1 aliphatic carbocycles. The van der Waals surface area contributed by atoms with Gasteiger partial charge in [0.1, 0.15) is 0 Å². The zero-order valence-corrected chi connectivity index (χ0v) is 11.4. The number of rotatable bonds is 6. The quantitative estimate of drug-likeness (QED) is 0.780. The van der Waals surface area contributed by atoms with Crippen molar-refractivity contribution >= 4 is 23.4 Å². The smallest absolute Gasteiger partial charge is 0.0961 e. The van der Waals surface area contributed by atoms with E-state index in [9.17, 15) is 5.11 Å². The van der Waals surface area contributed by atoms with E-state index in [0.29, 0.717) is 10.9 Å². The van der Waals surface area contributed by atoms with Gasteiger partial charge in [-0.15, -0.1) is 11.8 Å². The maximum atomic E-state index is 9.59. The highest BCUT2D eigenvalue weighted by molar-refractivity contribution is 7.99. The Morgan fingerprint density at radius 3 is 2.82 bits per heavy atom. The van der Waals surface area contributed by atoms with Crippen molar-refractivity contribution in [3.05, 3.63) is 23.4 Å². The SMILES string of the molecule is CNC(CO)(CSc1ccc(Cl)cn1)C1CC1. The van der Waals surface area contributed by atoms with Gasteiger partial charge in [0.2, 0.25) is 0 Å². The second-order valence-electron chi connectivity index (χ2n) is 4.44. The van der Waals surface area contributed by atoms with E-state index in [0.717, 1.165) is 10.8 Å². The molecule has 17 heavy (non-hydrogen) atoms. The van der Waals surface area contributed by atoms with Gasteiger partial charge in [-0.3, -0.25) is 0 Å². The first-order valence-corrected chi connectivity index (χ1v) is 7.11. The topological polar surface area (TPSA) is 45.1 Å². The lowest BCUT2D eigenvalue weighted by molar-refractivity contribution is 0.167. The molecule has 1 saturated carbocycles. The van der Waals surface area contributed by atoms with Crippen molar-refractivity contribution in [2.45, 2.75) is 23.4 Å². The number of aromatic nitrogens is 1. The molecule has 0 amide bonds. The Kier molecular flexibility index (Phi) is 4.31. The number of hydrogen-bond acceptors (Lipinski definition) is 4. The molecule has 0 spiro atoms. The van der Waals surface area contributed by atoms with E-state index in [2.05, 4.69) is 10.3 Å². The van der Waals surface area contributed by atoms with Crippen LogP contribution in [0.15, 0.2) is 23.4 Å². The summed E-state index contributed by atoms with van der Waals surface area (Å²) in [6, 6.07) is 3.76. The van der Waals surface area contributed by atoms with Gasteiger partial charge in [-0.05, 0) is 37.9 Å². The molecule has 0 aromatic carbocycles. The minimum Gasteiger partial charge on any atom is -0.394 e. The first-order chi connectivity index (χ1) is 8.20. The summed E-state index contributed by atoms with van der Waals surface area (Å²) >= 11 is 7.45. The molecule has 1 unspecified atom stereocenters. The molecule has 1 aromatic rings. The number of halogens is 1. The molecule has 0 radical (unpaired) electrons. The van der Waals surface area contributed by atoms with Gasteiger partial charge in [0.05, 0.1) is 22.2 Å². The summed E-state index contributed by atoms with van der Waals surface area (Å²) in [5.41, 5.74) is -0.161. The number of likely N-dealkylation sites (N-methyl/N-ethyl adjacent to an activating group) is 1. The minimum absolute atomic E-state index is 0.161. The van der Waals surface area contributed by atoms with Crippen LogP contribution in [0, 0.1) is 5.92 Å². The summed E-state index contributed by atoms with van der Waals surface area (Å²) in [5.74, 6) is 1.43. The van der Waals surface area contributed by atoms with Gasteiger partial charge in [-0.25, -0.2) is 4.98 Å². The lowest BCUT2D eigenvalue weighted by Gasteiger charge is -2.31. The fourth-order valence-electron chi connectivity index (χ4n) is 1.93. The van der Waals surface area contributed by atoms with Crippen LogP contribution in [0.1, 0.15) is 12.8 Å². The molecule has 5 heteroatoms. The second-order valence-corrected chi connectivity index (χ2v) is 5.87. The van der Waals surface area contributed by atoms with Crippen LogP contribution >= 0.6 is 23.4 Å². The first-order valence-electron chi connectivity index (χ1n) is 5.74. The molecule has 2 rings (SSSR count). The molecule has 0 aliphatic heterocycles. The van der Waals surface area contributed by atoms with Crippen LogP contribution < -0.4 is 5.32 Å². The third kappa shape index (κ3) is 3.13. The maximum Gasteiger partial charge on any atom is 0.0961 e. The van der Waals surface area contributed by atoms with Crippen molar-refractivity contribution in [1.29, 1.82) is 0 Å². The zero-order chi connectivity index (χ0) is 12.3. The molecule has 1 atom stereocenters. The number of aliphatic hydroxyl groups is 1. The Morgan fingerprint density at radius 1 is 1.59 bits per heavy atom. The average molecular weight is 273 g/mol. The van der Waals surface area contributed by atoms with Crippen molar-refractivity contribution < 1.29 is 5.11 Å². The Bertz CT molecular complexity index is 363. The normalized spacial score (nSPS) is 19.0. The van der Waals surface area contributed by atoms with Crippen LogP contribution in [-0.4, -0.2) is 35.0 Å². The predicted molar refractivity (Wildman–Crippen MR) is 71.6 cm³/mol. The summed E-state index contributed by atoms with van der Waals surface area (Å²) in [6.07, 6.45) is 4.06. The summed E-state index contributed by atoms with van der Waals surface area (Å²) in [5, 5.41) is 14.5. The van der Waals surface area contributed by atoms with Gasteiger partial charge < -0.3 is 10.4 Å². The summed E-state index contributed by atoms with van der Waals surface area (Å²) < 4.78 is 0. The lowest BCUT2D eigenvalue weighted by atomic mass is 9.97. The van der Waals surface area contributed by atoms with E-state index in [1.165, 1.54) is 12.8 Å². The van der Waals surface area contributed by atoms with Crippen LogP contribution in [0.5, 0.6) is 0 Å². The fourth-order valence-corrected chi connectivity index (χ4v) is 3.21. The Labute approximate surface area is 111 Å².